The quantitative estimate of drug-likeness (QED) is 0.159. The maximum Gasteiger partial charge on any atom is 0.240 e. The molecule has 0 aliphatic carbocycles. The number of benzene rings is 4. The van der Waals surface area contributed by atoms with Crippen LogP contribution in [0, 0.1) is 0 Å². The SMILES string of the molecule is CCn1c(SCCCNS(=O)(=O)c2ccc3ccccc3c2)nc(-c2ccccc2)c1-c1ccccc1. The van der Waals surface area contributed by atoms with Gasteiger partial charge in [-0.1, -0.05) is 103 Å². The number of aromatic nitrogens is 2. The van der Waals surface area contributed by atoms with Crippen LogP contribution in [0.3, 0.4) is 0 Å². The molecule has 0 aliphatic heterocycles. The molecule has 0 atom stereocenters. The molecule has 1 heterocycles. The van der Waals surface area contributed by atoms with Crippen LogP contribution < -0.4 is 4.72 Å². The molecule has 0 saturated carbocycles. The summed E-state index contributed by atoms with van der Waals surface area (Å²) in [6, 6.07) is 33.6. The summed E-state index contributed by atoms with van der Waals surface area (Å²) in [5.74, 6) is 0.750. The monoisotopic (exact) mass is 527 g/mol. The van der Waals surface area contributed by atoms with Crippen LogP contribution in [0.4, 0.5) is 0 Å². The molecule has 188 valence electrons. The van der Waals surface area contributed by atoms with Gasteiger partial charge in [0.2, 0.25) is 10.0 Å². The zero-order valence-corrected chi connectivity index (χ0v) is 22.3. The minimum absolute atomic E-state index is 0.292. The second-order valence-corrected chi connectivity index (χ2v) is 11.5. The lowest BCUT2D eigenvalue weighted by Gasteiger charge is -2.11. The van der Waals surface area contributed by atoms with Crippen LogP contribution in [0.2, 0.25) is 0 Å². The van der Waals surface area contributed by atoms with Crippen molar-refractivity contribution >= 4 is 32.6 Å². The molecule has 0 aliphatic rings. The fourth-order valence-corrected chi connectivity index (χ4v) is 6.49. The summed E-state index contributed by atoms with van der Waals surface area (Å²) in [5.41, 5.74) is 4.28. The number of hydrogen-bond donors (Lipinski definition) is 1. The minimum Gasteiger partial charge on any atom is -0.319 e. The molecule has 0 radical (unpaired) electrons. The molecule has 1 aromatic heterocycles. The van der Waals surface area contributed by atoms with E-state index in [9.17, 15) is 8.42 Å². The topological polar surface area (TPSA) is 64.0 Å². The van der Waals surface area contributed by atoms with Crippen LogP contribution in [-0.2, 0) is 16.6 Å². The molecule has 0 fully saturated rings. The minimum atomic E-state index is -3.56. The predicted molar refractivity (Wildman–Crippen MR) is 153 cm³/mol. The number of fused-ring (bicyclic) bond motifs is 1. The van der Waals surface area contributed by atoms with E-state index < -0.39 is 10.0 Å². The summed E-state index contributed by atoms with van der Waals surface area (Å²) in [7, 11) is -3.56. The van der Waals surface area contributed by atoms with Gasteiger partial charge >= 0.3 is 0 Å². The zero-order valence-electron chi connectivity index (χ0n) is 20.7. The smallest absolute Gasteiger partial charge is 0.240 e. The Labute approximate surface area is 222 Å². The molecule has 5 aromatic rings. The van der Waals surface area contributed by atoms with Gasteiger partial charge in [0.25, 0.3) is 0 Å². The molecule has 1 N–H and O–H groups in total. The van der Waals surface area contributed by atoms with E-state index in [-0.39, 0.29) is 0 Å². The van der Waals surface area contributed by atoms with Crippen molar-refractivity contribution in [2.24, 2.45) is 0 Å². The molecule has 0 bridgehead atoms. The third-order valence-corrected chi connectivity index (χ3v) is 8.74. The molecule has 4 aromatic carbocycles. The molecular formula is C30H29N3O2S2. The van der Waals surface area contributed by atoms with Crippen LogP contribution in [0.15, 0.2) is 113 Å². The Morgan fingerprint density at radius 1 is 0.811 bits per heavy atom. The summed E-state index contributed by atoms with van der Waals surface area (Å²) in [4.78, 5) is 5.33. The Balaban J connectivity index is 1.29. The summed E-state index contributed by atoms with van der Waals surface area (Å²) < 4.78 is 30.7. The maximum absolute atomic E-state index is 12.8. The summed E-state index contributed by atoms with van der Waals surface area (Å²) in [5, 5.41) is 2.88. The zero-order chi connectivity index (χ0) is 25.7. The molecule has 5 rings (SSSR count). The Bertz CT molecular complexity index is 1600. The molecule has 37 heavy (non-hydrogen) atoms. The van der Waals surface area contributed by atoms with Crippen LogP contribution in [-0.4, -0.2) is 30.3 Å². The average Bonchev–Trinajstić information content (AvgIpc) is 3.32. The van der Waals surface area contributed by atoms with Gasteiger partial charge in [0, 0.05) is 30.0 Å². The van der Waals surface area contributed by atoms with Crippen molar-refractivity contribution in [1.29, 1.82) is 0 Å². The lowest BCUT2D eigenvalue weighted by Crippen LogP contribution is -2.25. The number of imidazole rings is 1. The first-order valence-corrected chi connectivity index (χ1v) is 14.9. The number of hydrogen-bond acceptors (Lipinski definition) is 4. The van der Waals surface area contributed by atoms with E-state index in [0.717, 1.165) is 50.7 Å². The van der Waals surface area contributed by atoms with E-state index >= 15 is 0 Å². The van der Waals surface area contributed by atoms with Crippen LogP contribution in [0.25, 0.3) is 33.3 Å². The van der Waals surface area contributed by atoms with Gasteiger partial charge < -0.3 is 4.57 Å². The van der Waals surface area contributed by atoms with Gasteiger partial charge in [-0.3, -0.25) is 0 Å². The maximum atomic E-state index is 12.8. The van der Waals surface area contributed by atoms with Gasteiger partial charge in [-0.15, -0.1) is 0 Å². The van der Waals surface area contributed by atoms with Crippen LogP contribution >= 0.6 is 11.8 Å². The molecule has 0 saturated heterocycles. The average molecular weight is 528 g/mol. The Hall–Kier alpha value is -3.39. The van der Waals surface area contributed by atoms with Crippen LogP contribution in [0.5, 0.6) is 0 Å². The first kappa shape index (κ1) is 25.3. The predicted octanol–water partition coefficient (Wildman–Crippen LogP) is 6.85. The fraction of sp³-hybridized carbons (Fsp3) is 0.167. The Morgan fingerprint density at radius 3 is 2.16 bits per heavy atom. The summed E-state index contributed by atoms with van der Waals surface area (Å²) in [6.45, 7) is 3.29. The molecule has 5 nitrogen and oxygen atoms in total. The lowest BCUT2D eigenvalue weighted by atomic mass is 10.0. The number of rotatable bonds is 10. The number of nitrogens with one attached hydrogen (secondary N) is 1. The van der Waals surface area contributed by atoms with Gasteiger partial charge in [-0.25, -0.2) is 18.1 Å². The van der Waals surface area contributed by atoms with E-state index in [1.807, 2.05) is 66.7 Å². The van der Waals surface area contributed by atoms with Gasteiger partial charge in [0.1, 0.15) is 0 Å². The number of sulfonamides is 1. The van der Waals surface area contributed by atoms with Crippen molar-refractivity contribution in [3.8, 4) is 22.5 Å². The molecule has 0 spiro atoms. The third-order valence-electron chi connectivity index (χ3n) is 6.22. The highest BCUT2D eigenvalue weighted by atomic mass is 32.2. The first-order chi connectivity index (χ1) is 18.1. The standard InChI is InChI=1S/C30H29N3O2S2/c1-2-33-29(25-15-7-4-8-16-25)28(24-13-5-3-6-14-24)32-30(33)36-21-11-20-31-37(34,35)27-19-18-23-12-9-10-17-26(23)22-27/h3-10,12-19,22,31H,2,11,20-21H2,1H3. The molecule has 0 unspecified atom stereocenters. The van der Waals surface area contributed by atoms with E-state index in [1.54, 1.807) is 23.9 Å². The lowest BCUT2D eigenvalue weighted by molar-refractivity contribution is 0.581. The van der Waals surface area contributed by atoms with E-state index in [2.05, 4.69) is 40.5 Å². The first-order valence-electron chi connectivity index (χ1n) is 12.4. The summed E-state index contributed by atoms with van der Waals surface area (Å²) >= 11 is 1.66. The third kappa shape index (κ3) is 5.64. The molecular weight excluding hydrogens is 498 g/mol. The van der Waals surface area contributed by atoms with Crippen molar-refractivity contribution in [1.82, 2.24) is 14.3 Å². The van der Waals surface area contributed by atoms with E-state index in [0.29, 0.717) is 17.9 Å². The van der Waals surface area contributed by atoms with E-state index in [4.69, 9.17) is 4.98 Å². The highest BCUT2D eigenvalue weighted by Gasteiger charge is 2.19. The van der Waals surface area contributed by atoms with Crippen molar-refractivity contribution in [2.75, 3.05) is 12.3 Å². The van der Waals surface area contributed by atoms with Gasteiger partial charge in [-0.05, 0) is 36.2 Å². The van der Waals surface area contributed by atoms with Crippen molar-refractivity contribution in [2.45, 2.75) is 29.9 Å². The van der Waals surface area contributed by atoms with Crippen LogP contribution in [0.1, 0.15) is 13.3 Å². The highest BCUT2D eigenvalue weighted by Crippen LogP contribution is 2.36. The van der Waals surface area contributed by atoms with Gasteiger partial charge in [0.05, 0.1) is 16.3 Å². The van der Waals surface area contributed by atoms with Gasteiger partial charge in [0.15, 0.2) is 5.16 Å². The Kier molecular flexibility index (Phi) is 7.74. The van der Waals surface area contributed by atoms with Gasteiger partial charge in [-0.2, -0.15) is 0 Å². The summed E-state index contributed by atoms with van der Waals surface area (Å²) in [6.07, 6.45) is 0.690. The van der Waals surface area contributed by atoms with Crippen molar-refractivity contribution in [3.05, 3.63) is 103 Å². The van der Waals surface area contributed by atoms with Crippen molar-refractivity contribution < 1.29 is 8.42 Å². The van der Waals surface area contributed by atoms with E-state index in [1.165, 1.54) is 0 Å². The second kappa shape index (κ2) is 11.3. The largest absolute Gasteiger partial charge is 0.319 e. The fourth-order valence-electron chi connectivity index (χ4n) is 4.38. The highest BCUT2D eigenvalue weighted by molar-refractivity contribution is 7.99. The Morgan fingerprint density at radius 2 is 1.46 bits per heavy atom. The molecule has 0 amide bonds. The second-order valence-electron chi connectivity index (χ2n) is 8.68. The number of thioether (sulfide) groups is 1. The van der Waals surface area contributed by atoms with Crippen molar-refractivity contribution in [3.63, 3.8) is 0 Å². The number of nitrogens with zero attached hydrogens (tertiary/aromatic N) is 2. The molecule has 7 heteroatoms. The normalized spacial score (nSPS) is 11.7.